The third-order valence-electron chi connectivity index (χ3n) is 2.67. The summed E-state index contributed by atoms with van der Waals surface area (Å²) in [6.07, 6.45) is -1.91. The normalized spacial score (nSPS) is 12.8. The van der Waals surface area contributed by atoms with Gasteiger partial charge in [-0.25, -0.2) is 0 Å². The van der Waals surface area contributed by atoms with Crippen LogP contribution in [0.15, 0.2) is 34.3 Å². The van der Waals surface area contributed by atoms with Gasteiger partial charge in [0.2, 0.25) is 5.91 Å². The molecule has 0 aromatic heterocycles. The summed E-state index contributed by atoms with van der Waals surface area (Å²) < 4.78 is 39.5. The van der Waals surface area contributed by atoms with E-state index in [1.165, 1.54) is 31.6 Å². The van der Waals surface area contributed by atoms with E-state index in [2.05, 4.69) is 4.99 Å². The molecule has 4 nitrogen and oxygen atoms in total. The summed E-state index contributed by atoms with van der Waals surface area (Å²) in [6, 6.07) is 3.91. The van der Waals surface area contributed by atoms with Gasteiger partial charge in [0, 0.05) is 42.1 Å². The van der Waals surface area contributed by atoms with E-state index < -0.39 is 17.6 Å². The Morgan fingerprint density at radius 3 is 2.59 bits per heavy atom. The Morgan fingerprint density at radius 1 is 1.41 bits per heavy atom. The molecule has 1 aromatic rings. The van der Waals surface area contributed by atoms with Gasteiger partial charge in [-0.1, -0.05) is 6.07 Å². The molecule has 120 valence electrons. The molecule has 1 amide bonds. The van der Waals surface area contributed by atoms with Gasteiger partial charge in [-0.2, -0.15) is 13.2 Å². The van der Waals surface area contributed by atoms with Crippen molar-refractivity contribution in [1.29, 1.82) is 0 Å². The van der Waals surface area contributed by atoms with Crippen molar-refractivity contribution in [1.82, 2.24) is 0 Å². The van der Waals surface area contributed by atoms with Crippen molar-refractivity contribution in [2.24, 2.45) is 16.5 Å². The lowest BCUT2D eigenvalue weighted by Crippen LogP contribution is -2.12. The van der Waals surface area contributed by atoms with Crippen LogP contribution in [0.5, 0.6) is 0 Å². The van der Waals surface area contributed by atoms with Crippen LogP contribution >= 0.6 is 11.8 Å². The molecule has 0 aliphatic rings. The number of allylic oxidation sites excluding steroid dienone is 1. The van der Waals surface area contributed by atoms with Crippen molar-refractivity contribution in [3.63, 3.8) is 0 Å². The molecular formula is C14H16F3N3OS. The quantitative estimate of drug-likeness (QED) is 0.621. The largest absolute Gasteiger partial charge is 0.417 e. The summed E-state index contributed by atoms with van der Waals surface area (Å²) in [7, 11) is 1.50. The summed E-state index contributed by atoms with van der Waals surface area (Å²) in [5, 5.41) is 0. The van der Waals surface area contributed by atoms with Crippen LogP contribution in [0.4, 0.5) is 13.2 Å². The molecule has 0 heterocycles. The highest BCUT2D eigenvalue weighted by Crippen LogP contribution is 2.38. The van der Waals surface area contributed by atoms with Crippen molar-refractivity contribution in [2.45, 2.75) is 17.5 Å². The molecule has 1 aromatic carbocycles. The van der Waals surface area contributed by atoms with Crippen molar-refractivity contribution in [2.75, 3.05) is 12.8 Å². The van der Waals surface area contributed by atoms with Gasteiger partial charge in [-0.15, -0.1) is 11.8 Å². The highest BCUT2D eigenvalue weighted by Gasteiger charge is 2.34. The van der Waals surface area contributed by atoms with E-state index in [9.17, 15) is 18.0 Å². The van der Waals surface area contributed by atoms with E-state index in [4.69, 9.17) is 11.5 Å². The summed E-state index contributed by atoms with van der Waals surface area (Å²) in [4.78, 5) is 14.5. The van der Waals surface area contributed by atoms with Gasteiger partial charge in [0.15, 0.2) is 0 Å². The number of alkyl halides is 3. The van der Waals surface area contributed by atoms with Gasteiger partial charge in [0.05, 0.1) is 5.56 Å². The van der Waals surface area contributed by atoms with Crippen LogP contribution in [-0.2, 0) is 11.0 Å². The fraction of sp³-hybridized carbons (Fsp3) is 0.286. The van der Waals surface area contributed by atoms with Crippen LogP contribution in [0, 0.1) is 0 Å². The number of benzene rings is 1. The molecule has 0 aliphatic carbocycles. The smallest absolute Gasteiger partial charge is 0.404 e. The van der Waals surface area contributed by atoms with E-state index in [0.717, 1.165) is 17.8 Å². The number of hydrogen-bond acceptors (Lipinski definition) is 4. The molecule has 22 heavy (non-hydrogen) atoms. The second kappa shape index (κ2) is 7.88. The molecule has 0 spiro atoms. The highest BCUT2D eigenvalue weighted by atomic mass is 32.2. The van der Waals surface area contributed by atoms with Crippen molar-refractivity contribution >= 4 is 29.5 Å². The number of thioether (sulfide) groups is 1. The fourth-order valence-corrected chi connectivity index (χ4v) is 2.69. The van der Waals surface area contributed by atoms with Gasteiger partial charge in [0.25, 0.3) is 0 Å². The number of nitrogens with two attached hydrogens (primary N) is 2. The molecule has 0 fully saturated rings. The molecule has 1 rings (SSSR count). The van der Waals surface area contributed by atoms with E-state index in [-0.39, 0.29) is 17.1 Å². The molecule has 0 saturated carbocycles. The molecule has 0 radical (unpaired) electrons. The van der Waals surface area contributed by atoms with E-state index in [1.807, 2.05) is 0 Å². The Balaban J connectivity index is 3.17. The molecule has 0 unspecified atom stereocenters. The highest BCUT2D eigenvalue weighted by molar-refractivity contribution is 7.99. The maximum Gasteiger partial charge on any atom is 0.417 e. The third-order valence-corrected chi connectivity index (χ3v) is 3.75. The molecule has 8 heteroatoms. The number of primary amides is 1. The lowest BCUT2D eigenvalue weighted by Gasteiger charge is -2.14. The Morgan fingerprint density at radius 2 is 2.09 bits per heavy atom. The lowest BCUT2D eigenvalue weighted by molar-refractivity contribution is -0.139. The van der Waals surface area contributed by atoms with Crippen LogP contribution in [-0.4, -0.2) is 24.9 Å². The SMILES string of the molecule is CN=CC(=CN)c1ccc(SCCC(N)=O)c(C(F)(F)F)c1. The first kappa shape index (κ1) is 18.1. The van der Waals surface area contributed by atoms with Gasteiger partial charge >= 0.3 is 6.18 Å². The van der Waals surface area contributed by atoms with E-state index in [1.54, 1.807) is 0 Å². The first-order chi connectivity index (χ1) is 10.3. The molecule has 4 N–H and O–H groups in total. The molecule has 0 aliphatic heterocycles. The summed E-state index contributed by atoms with van der Waals surface area (Å²) >= 11 is 0.938. The van der Waals surface area contributed by atoms with Crippen LogP contribution in [0.3, 0.4) is 0 Å². The van der Waals surface area contributed by atoms with Gasteiger partial charge in [0.1, 0.15) is 0 Å². The Kier molecular flexibility index (Phi) is 6.48. The molecule has 0 saturated heterocycles. The van der Waals surface area contributed by atoms with Crippen LogP contribution < -0.4 is 11.5 Å². The van der Waals surface area contributed by atoms with Crippen molar-refractivity contribution < 1.29 is 18.0 Å². The minimum atomic E-state index is -4.51. The summed E-state index contributed by atoms with van der Waals surface area (Å²) in [5.41, 5.74) is 10.3. The van der Waals surface area contributed by atoms with Gasteiger partial charge in [-0.3, -0.25) is 9.79 Å². The van der Waals surface area contributed by atoms with E-state index in [0.29, 0.717) is 11.1 Å². The fourth-order valence-electron chi connectivity index (χ4n) is 1.67. The maximum absolute atomic E-state index is 13.2. The molecular weight excluding hydrogens is 315 g/mol. The molecule has 0 bridgehead atoms. The number of aliphatic imine (C=N–C) groups is 1. The van der Waals surface area contributed by atoms with Gasteiger partial charge < -0.3 is 11.5 Å². The average Bonchev–Trinajstić information content (AvgIpc) is 2.43. The number of halogens is 3. The zero-order chi connectivity index (χ0) is 16.8. The average molecular weight is 331 g/mol. The molecule has 0 atom stereocenters. The predicted octanol–water partition coefficient (Wildman–Crippen LogP) is 2.67. The number of amides is 1. The van der Waals surface area contributed by atoms with Crippen LogP contribution in [0.1, 0.15) is 17.5 Å². The summed E-state index contributed by atoms with van der Waals surface area (Å²) in [6.45, 7) is 0. The minimum Gasteiger partial charge on any atom is -0.404 e. The number of hydrogen-bond donors (Lipinski definition) is 2. The first-order valence-corrected chi connectivity index (χ1v) is 7.25. The Bertz CT molecular complexity index is 597. The first-order valence-electron chi connectivity index (χ1n) is 6.26. The zero-order valence-electron chi connectivity index (χ0n) is 11.9. The Labute approximate surface area is 130 Å². The number of rotatable bonds is 6. The lowest BCUT2D eigenvalue weighted by atomic mass is 10.0. The Hall–Kier alpha value is -1.96. The third kappa shape index (κ3) is 5.10. The second-order valence-corrected chi connectivity index (χ2v) is 5.42. The maximum atomic E-state index is 13.2. The standard InChI is InChI=1S/C14H16F3N3OS/c1-20-8-10(7-18)9-2-3-12(22-5-4-13(19)21)11(6-9)14(15,16)17/h2-3,6-8H,4-5,18H2,1H3,(H2,19,21). The van der Waals surface area contributed by atoms with E-state index >= 15 is 0 Å². The number of carbonyl (C=O) groups excluding carboxylic acids is 1. The van der Waals surface area contributed by atoms with Gasteiger partial charge in [-0.05, 0) is 17.7 Å². The topological polar surface area (TPSA) is 81.5 Å². The summed E-state index contributed by atoms with van der Waals surface area (Å²) in [5.74, 6) is -0.362. The van der Waals surface area contributed by atoms with Crippen molar-refractivity contribution in [3.05, 3.63) is 35.5 Å². The number of nitrogens with zero attached hydrogens (tertiary/aromatic N) is 1. The minimum absolute atomic E-state index is 0.0140. The number of carbonyl (C=O) groups is 1. The monoisotopic (exact) mass is 331 g/mol. The predicted molar refractivity (Wildman–Crippen MR) is 82.6 cm³/mol. The second-order valence-electron chi connectivity index (χ2n) is 4.28. The van der Waals surface area contributed by atoms with Crippen LogP contribution in [0.2, 0.25) is 0 Å². The van der Waals surface area contributed by atoms with Crippen molar-refractivity contribution in [3.8, 4) is 0 Å². The zero-order valence-corrected chi connectivity index (χ0v) is 12.7. The van der Waals surface area contributed by atoms with Crippen LogP contribution in [0.25, 0.3) is 5.57 Å².